The first-order valence-electron chi connectivity index (χ1n) is 8.57. The van der Waals surface area contributed by atoms with Crippen LogP contribution in [0.1, 0.15) is 11.8 Å². The second-order valence-electron chi connectivity index (χ2n) is 5.72. The molecule has 0 aliphatic carbocycles. The number of ether oxygens (including phenoxy) is 2. The standard InChI is InChI=1S/C20H22N4O2S/c1-4-26-16-11-9-15(10-12-16)22-20(24-19(21)13-14(2)27-24)23-17-7-5-6-8-18(17)25-3/h5-13,21H,4H2,1-3H3,(H,22,23). The summed E-state index contributed by atoms with van der Waals surface area (Å²) in [6.07, 6.45) is 0. The van der Waals surface area contributed by atoms with Gasteiger partial charge in [-0.25, -0.2) is 8.95 Å². The van der Waals surface area contributed by atoms with Gasteiger partial charge in [0.05, 0.1) is 13.7 Å². The Morgan fingerprint density at radius 2 is 1.93 bits per heavy atom. The number of rotatable bonds is 5. The van der Waals surface area contributed by atoms with Crippen molar-refractivity contribution in [3.63, 3.8) is 0 Å². The number of hydrogen-bond donors (Lipinski definition) is 2. The van der Waals surface area contributed by atoms with Crippen LogP contribution in [0.5, 0.6) is 11.5 Å². The lowest BCUT2D eigenvalue weighted by Gasteiger charge is -2.12. The molecule has 7 heteroatoms. The van der Waals surface area contributed by atoms with Crippen LogP contribution in [0.15, 0.2) is 59.6 Å². The number of hydrogen-bond acceptors (Lipinski definition) is 5. The molecule has 3 aromatic rings. The lowest BCUT2D eigenvalue weighted by molar-refractivity contribution is 0.340. The van der Waals surface area contributed by atoms with Gasteiger partial charge in [0.15, 0.2) is 0 Å². The molecule has 0 radical (unpaired) electrons. The van der Waals surface area contributed by atoms with Gasteiger partial charge in [-0.05, 0) is 56.3 Å². The molecule has 140 valence electrons. The van der Waals surface area contributed by atoms with Crippen LogP contribution in [0, 0.1) is 12.3 Å². The quantitative estimate of drug-likeness (QED) is 0.508. The molecule has 0 unspecified atom stereocenters. The highest BCUT2D eigenvalue weighted by atomic mass is 32.1. The minimum Gasteiger partial charge on any atom is -0.494 e. The first kappa shape index (κ1) is 18.7. The van der Waals surface area contributed by atoms with Crippen LogP contribution in [-0.4, -0.2) is 23.6 Å². The summed E-state index contributed by atoms with van der Waals surface area (Å²) >= 11 is 1.46. The summed E-state index contributed by atoms with van der Waals surface area (Å²) < 4.78 is 12.6. The molecule has 0 bridgehead atoms. The molecule has 3 rings (SSSR count). The first-order valence-corrected chi connectivity index (χ1v) is 9.34. The summed E-state index contributed by atoms with van der Waals surface area (Å²) in [5.74, 6) is 2.02. The molecular formula is C20H22N4O2S. The zero-order valence-electron chi connectivity index (χ0n) is 15.5. The lowest BCUT2D eigenvalue weighted by Crippen LogP contribution is -2.28. The average molecular weight is 382 g/mol. The third-order valence-electron chi connectivity index (χ3n) is 3.72. The summed E-state index contributed by atoms with van der Waals surface area (Å²) in [7, 11) is 1.62. The number of benzene rings is 2. The molecule has 0 fully saturated rings. The molecule has 0 spiro atoms. The molecular weight excluding hydrogens is 360 g/mol. The zero-order chi connectivity index (χ0) is 19.2. The Hall–Kier alpha value is -3.06. The number of aromatic nitrogens is 1. The van der Waals surface area contributed by atoms with Crippen molar-refractivity contribution >= 4 is 28.9 Å². The minimum absolute atomic E-state index is 0.365. The summed E-state index contributed by atoms with van der Waals surface area (Å²) in [6.45, 7) is 4.55. The minimum atomic E-state index is 0.365. The number of aryl methyl sites for hydroxylation is 1. The number of aliphatic imine (C=N–C) groups is 1. The van der Waals surface area contributed by atoms with Crippen LogP contribution in [0.4, 0.5) is 11.4 Å². The van der Waals surface area contributed by atoms with Gasteiger partial charge >= 0.3 is 0 Å². The van der Waals surface area contributed by atoms with E-state index in [4.69, 9.17) is 19.9 Å². The van der Waals surface area contributed by atoms with Crippen LogP contribution in [-0.2, 0) is 0 Å². The van der Waals surface area contributed by atoms with Crippen molar-refractivity contribution in [3.05, 3.63) is 65.0 Å². The molecule has 27 heavy (non-hydrogen) atoms. The van der Waals surface area contributed by atoms with Crippen LogP contribution in [0.3, 0.4) is 0 Å². The van der Waals surface area contributed by atoms with Gasteiger partial charge in [0.25, 0.3) is 0 Å². The molecule has 0 saturated heterocycles. The molecule has 6 nitrogen and oxygen atoms in total. The summed E-state index contributed by atoms with van der Waals surface area (Å²) in [4.78, 5) is 5.76. The van der Waals surface area contributed by atoms with Crippen molar-refractivity contribution in [2.75, 3.05) is 19.0 Å². The maximum absolute atomic E-state index is 8.24. The van der Waals surface area contributed by atoms with E-state index in [0.717, 1.165) is 16.3 Å². The summed E-state index contributed by atoms with van der Waals surface area (Å²) in [5, 5.41) is 11.6. The first-order chi connectivity index (χ1) is 13.1. The smallest absolute Gasteiger partial charge is 0.223 e. The highest BCUT2D eigenvalue weighted by molar-refractivity contribution is 7.07. The van der Waals surface area contributed by atoms with E-state index in [0.29, 0.717) is 29.5 Å². The van der Waals surface area contributed by atoms with Gasteiger partial charge in [-0.3, -0.25) is 5.41 Å². The normalized spacial score (nSPS) is 11.3. The van der Waals surface area contributed by atoms with E-state index in [9.17, 15) is 0 Å². The fourth-order valence-electron chi connectivity index (χ4n) is 2.52. The third kappa shape index (κ3) is 4.57. The predicted octanol–water partition coefficient (Wildman–Crippen LogP) is 4.39. The second kappa shape index (κ2) is 8.55. The second-order valence-corrected chi connectivity index (χ2v) is 6.91. The lowest BCUT2D eigenvalue weighted by atomic mass is 10.3. The summed E-state index contributed by atoms with van der Waals surface area (Å²) in [5.41, 5.74) is 1.90. The van der Waals surface area contributed by atoms with Crippen LogP contribution < -0.4 is 20.3 Å². The molecule has 0 saturated carbocycles. The van der Waals surface area contributed by atoms with E-state index in [1.807, 2.05) is 68.4 Å². The highest BCUT2D eigenvalue weighted by Crippen LogP contribution is 2.27. The maximum atomic E-state index is 8.24. The fraction of sp³-hybridized carbons (Fsp3) is 0.200. The average Bonchev–Trinajstić information content (AvgIpc) is 3.01. The van der Waals surface area contributed by atoms with Gasteiger partial charge < -0.3 is 14.8 Å². The number of para-hydroxylation sites is 2. The molecule has 0 aliphatic heterocycles. The van der Waals surface area contributed by atoms with Gasteiger partial charge in [-0.2, -0.15) is 0 Å². The summed E-state index contributed by atoms with van der Waals surface area (Å²) in [6, 6.07) is 17.0. The van der Waals surface area contributed by atoms with E-state index in [1.54, 1.807) is 11.1 Å². The molecule has 1 aromatic heterocycles. The third-order valence-corrected chi connectivity index (χ3v) is 4.68. The van der Waals surface area contributed by atoms with Gasteiger partial charge in [0.1, 0.15) is 22.7 Å². The number of anilines is 1. The molecule has 2 aromatic carbocycles. The van der Waals surface area contributed by atoms with E-state index >= 15 is 0 Å². The van der Waals surface area contributed by atoms with E-state index in [-0.39, 0.29) is 0 Å². The number of methoxy groups -OCH3 is 1. The zero-order valence-corrected chi connectivity index (χ0v) is 16.3. The van der Waals surface area contributed by atoms with Gasteiger partial charge in [0.2, 0.25) is 5.96 Å². The molecule has 0 amide bonds. The van der Waals surface area contributed by atoms with Crippen LogP contribution >= 0.6 is 11.5 Å². The molecule has 2 N–H and O–H groups in total. The van der Waals surface area contributed by atoms with Crippen molar-refractivity contribution < 1.29 is 9.47 Å². The number of nitrogens with zero attached hydrogens (tertiary/aromatic N) is 2. The Morgan fingerprint density at radius 3 is 2.56 bits per heavy atom. The topological polar surface area (TPSA) is 71.6 Å². The fourth-order valence-corrected chi connectivity index (χ4v) is 3.29. The Kier molecular flexibility index (Phi) is 5.93. The highest BCUT2D eigenvalue weighted by Gasteiger charge is 2.10. The van der Waals surface area contributed by atoms with Gasteiger partial charge in [0, 0.05) is 10.6 Å². The monoisotopic (exact) mass is 382 g/mol. The maximum Gasteiger partial charge on any atom is 0.223 e. The molecule has 0 atom stereocenters. The van der Waals surface area contributed by atoms with Crippen molar-refractivity contribution in [2.45, 2.75) is 13.8 Å². The largest absolute Gasteiger partial charge is 0.494 e. The molecule has 0 aliphatic rings. The van der Waals surface area contributed by atoms with E-state index in [1.165, 1.54) is 11.5 Å². The van der Waals surface area contributed by atoms with E-state index < -0.39 is 0 Å². The van der Waals surface area contributed by atoms with Crippen molar-refractivity contribution in [3.8, 4) is 11.5 Å². The van der Waals surface area contributed by atoms with Crippen LogP contribution in [0.25, 0.3) is 0 Å². The van der Waals surface area contributed by atoms with Crippen molar-refractivity contribution in [1.29, 1.82) is 5.41 Å². The van der Waals surface area contributed by atoms with E-state index in [2.05, 4.69) is 5.32 Å². The Bertz CT molecular complexity index is 990. The van der Waals surface area contributed by atoms with Crippen LogP contribution in [0.2, 0.25) is 0 Å². The SMILES string of the molecule is CCOc1ccc(NC(=Nc2ccccc2OC)n2sc(C)cc2=N)cc1. The molecule has 1 heterocycles. The van der Waals surface area contributed by atoms with Crippen molar-refractivity contribution in [2.24, 2.45) is 4.99 Å². The Balaban J connectivity index is 2.01. The number of nitrogens with one attached hydrogen (secondary N) is 2. The Labute approximate surface area is 162 Å². The van der Waals surface area contributed by atoms with Gasteiger partial charge in [-0.1, -0.05) is 23.7 Å². The van der Waals surface area contributed by atoms with Gasteiger partial charge in [-0.15, -0.1) is 0 Å². The Morgan fingerprint density at radius 1 is 1.19 bits per heavy atom. The predicted molar refractivity (Wildman–Crippen MR) is 110 cm³/mol. The van der Waals surface area contributed by atoms with Crippen molar-refractivity contribution in [1.82, 2.24) is 3.96 Å².